The van der Waals surface area contributed by atoms with Gasteiger partial charge in [0.05, 0.1) is 10.9 Å². The summed E-state index contributed by atoms with van der Waals surface area (Å²) in [5.41, 5.74) is 3.57. The average Bonchev–Trinajstić information content (AvgIpc) is 3.17. The van der Waals surface area contributed by atoms with Gasteiger partial charge in [0.2, 0.25) is 5.91 Å². The number of nitrogens with zero attached hydrogens (tertiary/aromatic N) is 1. The van der Waals surface area contributed by atoms with Gasteiger partial charge in [0.25, 0.3) is 5.91 Å². The first-order valence-corrected chi connectivity index (χ1v) is 10.0. The maximum atomic E-state index is 12.7. The second-order valence-electron chi connectivity index (χ2n) is 7.13. The molecule has 4 nitrogen and oxygen atoms in total. The maximum absolute atomic E-state index is 12.7. The molecule has 2 heterocycles. The fraction of sp³-hybridized carbons (Fsp3) is 0.429. The molecule has 0 spiro atoms. The first-order chi connectivity index (χ1) is 12.5. The summed E-state index contributed by atoms with van der Waals surface area (Å²) in [4.78, 5) is 27.7. The third kappa shape index (κ3) is 4.15. The first-order valence-electron chi connectivity index (χ1n) is 9.16. The number of thiophene rings is 1. The van der Waals surface area contributed by atoms with E-state index in [1.807, 2.05) is 29.3 Å². The molecule has 26 heavy (non-hydrogen) atoms. The van der Waals surface area contributed by atoms with Gasteiger partial charge in [-0.25, -0.2) is 0 Å². The van der Waals surface area contributed by atoms with Crippen LogP contribution in [0.15, 0.2) is 35.7 Å². The standard InChI is InChI=1S/C21H26N2O2S/c1-14-6-7-15(2)18(13-14)16(3)22-20(24)17-8-10-23(11-9-17)21(25)19-5-4-12-26-19/h4-7,12-13,16-17H,8-11H2,1-3H3,(H,22,24)/t16-/m1/s1. The van der Waals surface area contributed by atoms with Gasteiger partial charge in [-0.2, -0.15) is 0 Å². The highest BCUT2D eigenvalue weighted by Gasteiger charge is 2.29. The molecule has 1 aromatic carbocycles. The van der Waals surface area contributed by atoms with Crippen molar-refractivity contribution in [3.8, 4) is 0 Å². The van der Waals surface area contributed by atoms with E-state index in [0.717, 1.165) is 17.7 Å². The van der Waals surface area contributed by atoms with Crippen LogP contribution in [0, 0.1) is 19.8 Å². The Kier molecular flexibility index (Phi) is 5.77. The zero-order valence-electron chi connectivity index (χ0n) is 15.6. The zero-order valence-corrected chi connectivity index (χ0v) is 16.4. The summed E-state index contributed by atoms with van der Waals surface area (Å²) in [5, 5.41) is 5.08. The smallest absolute Gasteiger partial charge is 0.263 e. The molecule has 5 heteroatoms. The van der Waals surface area contributed by atoms with E-state index >= 15 is 0 Å². The highest BCUT2D eigenvalue weighted by molar-refractivity contribution is 7.12. The number of nitrogens with one attached hydrogen (secondary N) is 1. The number of hydrogen-bond donors (Lipinski definition) is 1. The second-order valence-corrected chi connectivity index (χ2v) is 8.08. The Hall–Kier alpha value is -2.14. The lowest BCUT2D eigenvalue weighted by molar-refractivity contribution is -0.126. The van der Waals surface area contributed by atoms with Crippen molar-refractivity contribution in [3.63, 3.8) is 0 Å². The largest absolute Gasteiger partial charge is 0.349 e. The van der Waals surface area contributed by atoms with E-state index in [0.29, 0.717) is 13.1 Å². The van der Waals surface area contributed by atoms with E-state index in [2.05, 4.69) is 37.4 Å². The summed E-state index contributed by atoms with van der Waals surface area (Å²) in [7, 11) is 0. The molecule has 0 unspecified atom stereocenters. The Labute approximate surface area is 159 Å². The molecule has 0 radical (unpaired) electrons. The summed E-state index contributed by atoms with van der Waals surface area (Å²) in [6.07, 6.45) is 1.45. The fourth-order valence-electron chi connectivity index (χ4n) is 3.54. The summed E-state index contributed by atoms with van der Waals surface area (Å²) >= 11 is 1.47. The van der Waals surface area contributed by atoms with E-state index in [4.69, 9.17) is 0 Å². The average molecular weight is 371 g/mol. The SMILES string of the molecule is Cc1ccc(C)c([C@@H](C)NC(=O)C2CCN(C(=O)c3cccs3)CC2)c1. The van der Waals surface area contributed by atoms with Gasteiger partial charge in [-0.3, -0.25) is 9.59 Å². The van der Waals surface area contributed by atoms with Crippen molar-refractivity contribution in [1.29, 1.82) is 0 Å². The summed E-state index contributed by atoms with van der Waals surface area (Å²) in [6.45, 7) is 7.47. The third-order valence-electron chi connectivity index (χ3n) is 5.14. The summed E-state index contributed by atoms with van der Waals surface area (Å²) in [5.74, 6) is 0.166. The number of amides is 2. The van der Waals surface area contributed by atoms with Gasteiger partial charge in [-0.1, -0.05) is 29.8 Å². The van der Waals surface area contributed by atoms with Gasteiger partial charge in [-0.05, 0) is 56.2 Å². The van der Waals surface area contributed by atoms with E-state index in [-0.39, 0.29) is 23.8 Å². The second kappa shape index (κ2) is 8.04. The molecule has 0 aliphatic carbocycles. The summed E-state index contributed by atoms with van der Waals surface area (Å²) < 4.78 is 0. The Morgan fingerprint density at radius 2 is 1.92 bits per heavy atom. The van der Waals surface area contributed by atoms with Crippen molar-refractivity contribution in [2.24, 2.45) is 5.92 Å². The number of likely N-dealkylation sites (tertiary alicyclic amines) is 1. The third-order valence-corrected chi connectivity index (χ3v) is 6.00. The number of rotatable bonds is 4. The number of hydrogen-bond acceptors (Lipinski definition) is 3. The summed E-state index contributed by atoms with van der Waals surface area (Å²) in [6, 6.07) is 10.1. The molecule has 1 atom stereocenters. The van der Waals surface area contributed by atoms with E-state index in [1.54, 1.807) is 0 Å². The molecule has 1 aliphatic heterocycles. The molecule has 2 aromatic rings. The molecule has 3 rings (SSSR count). The van der Waals surface area contributed by atoms with Crippen LogP contribution < -0.4 is 5.32 Å². The van der Waals surface area contributed by atoms with Gasteiger partial charge in [-0.15, -0.1) is 11.3 Å². The quantitative estimate of drug-likeness (QED) is 0.881. The number of carbonyl (C=O) groups is 2. The molecule has 1 saturated heterocycles. The molecule has 1 aliphatic rings. The van der Waals surface area contributed by atoms with Gasteiger partial charge in [0.1, 0.15) is 0 Å². The molecule has 0 bridgehead atoms. The number of benzene rings is 1. The van der Waals surface area contributed by atoms with Crippen molar-refractivity contribution < 1.29 is 9.59 Å². The molecule has 1 aromatic heterocycles. The molecule has 138 valence electrons. The van der Waals surface area contributed by atoms with E-state index < -0.39 is 0 Å². The van der Waals surface area contributed by atoms with Crippen molar-refractivity contribution in [1.82, 2.24) is 10.2 Å². The van der Waals surface area contributed by atoms with Crippen LogP contribution in [0.5, 0.6) is 0 Å². The van der Waals surface area contributed by atoms with E-state index in [9.17, 15) is 9.59 Å². The van der Waals surface area contributed by atoms with Crippen LogP contribution in [0.25, 0.3) is 0 Å². The van der Waals surface area contributed by atoms with Crippen LogP contribution in [0.3, 0.4) is 0 Å². The minimum absolute atomic E-state index is 0.00631. The van der Waals surface area contributed by atoms with Crippen molar-refractivity contribution in [2.45, 2.75) is 39.7 Å². The lowest BCUT2D eigenvalue weighted by Crippen LogP contribution is -2.43. The predicted molar refractivity (Wildman–Crippen MR) is 105 cm³/mol. The fourth-order valence-corrected chi connectivity index (χ4v) is 4.23. The van der Waals surface area contributed by atoms with Crippen molar-refractivity contribution >= 4 is 23.2 Å². The highest BCUT2D eigenvalue weighted by atomic mass is 32.1. The number of aryl methyl sites for hydroxylation is 2. The Morgan fingerprint density at radius 1 is 1.19 bits per heavy atom. The maximum Gasteiger partial charge on any atom is 0.263 e. The van der Waals surface area contributed by atoms with Gasteiger partial charge in [0.15, 0.2) is 0 Å². The molecular formula is C21H26N2O2S. The van der Waals surface area contributed by atoms with Crippen LogP contribution in [0.4, 0.5) is 0 Å². The Balaban J connectivity index is 1.55. The minimum atomic E-state index is -0.0186. The van der Waals surface area contributed by atoms with Crippen LogP contribution in [0.1, 0.15) is 52.2 Å². The minimum Gasteiger partial charge on any atom is -0.349 e. The lowest BCUT2D eigenvalue weighted by atomic mass is 9.94. The van der Waals surface area contributed by atoms with Crippen molar-refractivity contribution in [3.05, 3.63) is 57.3 Å². The molecule has 0 saturated carbocycles. The monoisotopic (exact) mass is 370 g/mol. The van der Waals surface area contributed by atoms with Gasteiger partial charge >= 0.3 is 0 Å². The normalized spacial score (nSPS) is 16.3. The zero-order chi connectivity index (χ0) is 18.7. The molecule has 1 N–H and O–H groups in total. The molecule has 1 fully saturated rings. The topological polar surface area (TPSA) is 49.4 Å². The van der Waals surface area contributed by atoms with Crippen LogP contribution in [-0.4, -0.2) is 29.8 Å². The number of carbonyl (C=O) groups excluding carboxylic acids is 2. The van der Waals surface area contributed by atoms with Gasteiger partial charge < -0.3 is 10.2 Å². The van der Waals surface area contributed by atoms with Crippen LogP contribution in [0.2, 0.25) is 0 Å². The van der Waals surface area contributed by atoms with Gasteiger partial charge in [0, 0.05) is 19.0 Å². The Bertz CT molecular complexity index is 777. The molecular weight excluding hydrogens is 344 g/mol. The van der Waals surface area contributed by atoms with Crippen molar-refractivity contribution in [2.75, 3.05) is 13.1 Å². The highest BCUT2D eigenvalue weighted by Crippen LogP contribution is 2.23. The van der Waals surface area contributed by atoms with Crippen LogP contribution >= 0.6 is 11.3 Å². The molecule has 2 amide bonds. The Morgan fingerprint density at radius 3 is 2.58 bits per heavy atom. The predicted octanol–water partition coefficient (Wildman–Crippen LogP) is 4.09. The first kappa shape index (κ1) is 18.6. The number of piperidine rings is 1. The van der Waals surface area contributed by atoms with Crippen LogP contribution in [-0.2, 0) is 4.79 Å². The van der Waals surface area contributed by atoms with E-state index in [1.165, 1.54) is 28.0 Å². The lowest BCUT2D eigenvalue weighted by Gasteiger charge is -2.31.